The Morgan fingerprint density at radius 3 is 2.10 bits per heavy atom. The van der Waals surface area contributed by atoms with Crippen LogP contribution in [0.1, 0.15) is 71.7 Å². The predicted molar refractivity (Wildman–Crippen MR) is 113 cm³/mol. The van der Waals surface area contributed by atoms with Gasteiger partial charge in [0.1, 0.15) is 5.75 Å². The van der Waals surface area contributed by atoms with E-state index in [1.54, 1.807) is 12.1 Å². The smallest absolute Gasteiger partial charge is 1.00 e. The number of unbranched alkanes of at least 4 members (excludes halogenated alkanes) is 7. The van der Waals surface area contributed by atoms with Gasteiger partial charge in [0.2, 0.25) is 0 Å². The van der Waals surface area contributed by atoms with Gasteiger partial charge in [-0.25, -0.2) is 0 Å². The first-order valence-corrected chi connectivity index (χ1v) is 11.8. The third kappa shape index (κ3) is 14.5. The minimum Gasteiger partial charge on any atom is -1.00 e. The van der Waals surface area contributed by atoms with E-state index in [0.717, 1.165) is 18.4 Å². The molecular formula is C21H35NaO7S. The van der Waals surface area contributed by atoms with Gasteiger partial charge in [-0.3, -0.25) is 4.55 Å². The Hall–Kier alpha value is -0.450. The van der Waals surface area contributed by atoms with Gasteiger partial charge < -0.3 is 21.5 Å². The molecule has 0 aliphatic rings. The van der Waals surface area contributed by atoms with Gasteiger partial charge in [-0.1, -0.05) is 57.6 Å². The normalized spacial score (nSPS) is 12.5. The fourth-order valence-electron chi connectivity index (χ4n) is 2.88. The Labute approximate surface area is 203 Å². The molecule has 4 N–H and O–H groups in total. The van der Waals surface area contributed by atoms with Gasteiger partial charge in [-0.15, -0.1) is 0 Å². The van der Waals surface area contributed by atoms with Crippen molar-refractivity contribution in [3.8, 4) is 5.75 Å². The molecule has 0 atom stereocenters. The van der Waals surface area contributed by atoms with Gasteiger partial charge in [-0.05, 0) is 49.5 Å². The third-order valence-electron chi connectivity index (χ3n) is 4.49. The van der Waals surface area contributed by atoms with Gasteiger partial charge in [0.15, 0.2) is 5.76 Å². The van der Waals surface area contributed by atoms with E-state index in [1.807, 2.05) is 12.1 Å². The van der Waals surface area contributed by atoms with Crippen molar-refractivity contribution in [2.45, 2.75) is 77.1 Å². The van der Waals surface area contributed by atoms with Crippen molar-refractivity contribution in [3.63, 3.8) is 0 Å². The van der Waals surface area contributed by atoms with Crippen molar-refractivity contribution in [2.75, 3.05) is 5.75 Å². The summed E-state index contributed by atoms with van der Waals surface area (Å²) in [6.45, 7) is 2.21. The minimum absolute atomic E-state index is 0. The average Bonchev–Trinajstić information content (AvgIpc) is 2.63. The maximum atomic E-state index is 10.7. The molecule has 0 aliphatic heterocycles. The van der Waals surface area contributed by atoms with Crippen LogP contribution in [0, 0.1) is 0 Å². The van der Waals surface area contributed by atoms with Crippen LogP contribution in [0.3, 0.4) is 0 Å². The molecule has 9 heteroatoms. The van der Waals surface area contributed by atoms with Crippen molar-refractivity contribution in [2.24, 2.45) is 0 Å². The zero-order valence-corrected chi connectivity index (χ0v) is 20.9. The monoisotopic (exact) mass is 454 g/mol. The molecule has 1 aromatic carbocycles. The summed E-state index contributed by atoms with van der Waals surface area (Å²) in [5.41, 5.74) is 1.15. The maximum absolute atomic E-state index is 10.7. The van der Waals surface area contributed by atoms with Crippen LogP contribution in [0.15, 0.2) is 36.1 Å². The van der Waals surface area contributed by atoms with Crippen LogP contribution >= 0.6 is 0 Å². The van der Waals surface area contributed by atoms with Crippen LogP contribution in [0.2, 0.25) is 0 Å². The van der Waals surface area contributed by atoms with Crippen molar-refractivity contribution in [1.29, 1.82) is 0 Å². The minimum atomic E-state index is -4.09. The summed E-state index contributed by atoms with van der Waals surface area (Å²) in [6.07, 6.45) is 10.9. The molecule has 0 radical (unpaired) electrons. The Kier molecular flexibility index (Phi) is 15.1. The number of rotatable bonds is 15. The molecule has 0 bridgehead atoms. The van der Waals surface area contributed by atoms with E-state index in [4.69, 9.17) is 9.29 Å². The zero-order valence-electron chi connectivity index (χ0n) is 19.1. The summed E-state index contributed by atoms with van der Waals surface area (Å²) in [7, 11) is -4.09. The second-order valence-electron chi connectivity index (χ2n) is 7.25. The molecule has 30 heavy (non-hydrogen) atoms. The Morgan fingerprint density at radius 1 is 1.00 bits per heavy atom. The van der Waals surface area contributed by atoms with Crippen molar-refractivity contribution >= 4 is 10.1 Å². The van der Waals surface area contributed by atoms with Crippen LogP contribution in [-0.2, 0) is 16.5 Å². The molecule has 0 heterocycles. The number of hydrogen-bond acceptors (Lipinski definition) is 6. The largest absolute Gasteiger partial charge is 1.00 e. The standard InChI is InChI=1S/C21H34O7S.Na.H/c1-2-3-4-5-6-7-8-11-18-13-15-19(16-14-18)28-20(21(22,23)24)12-9-10-17-29(25,26)27;;/h12-16,22-24H,2-11,17H2,1H3,(H,25,26,27);;/q;+1;-1. The summed E-state index contributed by atoms with van der Waals surface area (Å²) in [5.74, 6) is -3.86. The van der Waals surface area contributed by atoms with Crippen LogP contribution in [0.25, 0.3) is 0 Å². The van der Waals surface area contributed by atoms with Crippen LogP contribution in [0.5, 0.6) is 5.75 Å². The molecular weight excluding hydrogens is 419 g/mol. The number of aryl methyl sites for hydroxylation is 1. The van der Waals surface area contributed by atoms with E-state index in [2.05, 4.69) is 6.92 Å². The number of aliphatic hydroxyl groups is 3. The SMILES string of the molecule is CCCCCCCCCc1ccc(OC(=CCCCS(=O)(=O)O)C(O)(O)O)cc1.[H-].[Na+]. The molecule has 0 spiro atoms. The summed E-state index contributed by atoms with van der Waals surface area (Å²) in [5, 5.41) is 28.3. The van der Waals surface area contributed by atoms with Crippen molar-refractivity contribution in [3.05, 3.63) is 41.7 Å². The average molecular weight is 455 g/mol. The number of ether oxygens (including phenoxy) is 1. The van der Waals surface area contributed by atoms with E-state index in [1.165, 1.54) is 44.6 Å². The Balaban J connectivity index is 0. The molecule has 7 nitrogen and oxygen atoms in total. The number of benzene rings is 1. The van der Waals surface area contributed by atoms with Gasteiger partial charge in [-0.2, -0.15) is 8.42 Å². The molecule has 0 saturated carbocycles. The van der Waals surface area contributed by atoms with Crippen LogP contribution < -0.4 is 34.3 Å². The molecule has 168 valence electrons. The van der Waals surface area contributed by atoms with Crippen LogP contribution in [0.4, 0.5) is 0 Å². The zero-order chi connectivity index (χ0) is 21.8. The third-order valence-corrected chi connectivity index (χ3v) is 5.29. The van der Waals surface area contributed by atoms with E-state index in [0.29, 0.717) is 5.75 Å². The topological polar surface area (TPSA) is 124 Å². The fraction of sp³-hybridized carbons (Fsp3) is 0.619. The van der Waals surface area contributed by atoms with E-state index >= 15 is 0 Å². The Morgan fingerprint density at radius 2 is 1.57 bits per heavy atom. The first-order valence-electron chi connectivity index (χ1n) is 10.2. The molecule has 0 fully saturated rings. The first-order chi connectivity index (χ1) is 13.6. The van der Waals surface area contributed by atoms with E-state index in [9.17, 15) is 23.7 Å². The van der Waals surface area contributed by atoms with E-state index in [-0.39, 0.29) is 43.8 Å². The molecule has 0 unspecified atom stereocenters. The van der Waals surface area contributed by atoms with E-state index < -0.39 is 27.6 Å². The molecule has 1 aromatic rings. The summed E-state index contributed by atoms with van der Waals surface area (Å²) < 4.78 is 35.5. The maximum Gasteiger partial charge on any atom is 1.00 e. The van der Waals surface area contributed by atoms with Crippen LogP contribution in [-0.4, -0.2) is 40.0 Å². The Bertz CT molecular complexity index is 716. The molecule has 0 amide bonds. The summed E-state index contributed by atoms with van der Waals surface area (Å²) in [4.78, 5) is 0. The molecule has 1 rings (SSSR count). The van der Waals surface area contributed by atoms with Gasteiger partial charge >= 0.3 is 35.5 Å². The fourth-order valence-corrected chi connectivity index (χ4v) is 3.41. The van der Waals surface area contributed by atoms with Gasteiger partial charge in [0.05, 0.1) is 5.75 Å². The van der Waals surface area contributed by atoms with Gasteiger partial charge in [0, 0.05) is 0 Å². The summed E-state index contributed by atoms with van der Waals surface area (Å²) >= 11 is 0. The quantitative estimate of drug-likeness (QED) is 0.101. The first kappa shape index (κ1) is 29.5. The second-order valence-corrected chi connectivity index (χ2v) is 8.82. The van der Waals surface area contributed by atoms with Crippen molar-refractivity contribution in [1.82, 2.24) is 0 Å². The summed E-state index contributed by atoms with van der Waals surface area (Å²) in [6, 6.07) is 7.12. The molecule has 0 aliphatic carbocycles. The van der Waals surface area contributed by atoms with Gasteiger partial charge in [0.25, 0.3) is 10.1 Å². The molecule has 0 saturated heterocycles. The number of hydrogen-bond donors (Lipinski definition) is 4. The second kappa shape index (κ2) is 15.4. The number of allylic oxidation sites excluding steroid dienone is 1. The molecule has 0 aromatic heterocycles. The predicted octanol–water partition coefficient (Wildman–Crippen LogP) is 0.658. The van der Waals surface area contributed by atoms with Crippen molar-refractivity contribution < 1.29 is 64.0 Å².